The van der Waals surface area contributed by atoms with Crippen LogP contribution in [0.3, 0.4) is 0 Å². The fourth-order valence-electron chi connectivity index (χ4n) is 3.16. The number of nitrogens with one attached hydrogen (secondary N) is 1. The zero-order valence-corrected chi connectivity index (χ0v) is 13.6. The first-order chi connectivity index (χ1) is 11.8. The van der Waals surface area contributed by atoms with Crippen molar-refractivity contribution in [2.75, 3.05) is 13.7 Å². The van der Waals surface area contributed by atoms with Crippen LogP contribution in [-0.2, 0) is 11.2 Å². The number of para-hydroxylation sites is 1. The van der Waals surface area contributed by atoms with Crippen molar-refractivity contribution in [3.63, 3.8) is 0 Å². The molecule has 4 aromatic rings. The summed E-state index contributed by atoms with van der Waals surface area (Å²) in [5, 5.41) is 1.10. The minimum Gasteiger partial charge on any atom is -0.384 e. The van der Waals surface area contributed by atoms with E-state index in [-0.39, 0.29) is 5.92 Å². The average Bonchev–Trinajstić information content (AvgIpc) is 3.07. The Morgan fingerprint density at radius 2 is 1.79 bits per heavy atom. The molecule has 0 saturated heterocycles. The van der Waals surface area contributed by atoms with Gasteiger partial charge in [-0.2, -0.15) is 0 Å². The van der Waals surface area contributed by atoms with E-state index in [4.69, 9.17) is 9.72 Å². The number of nitrogens with zero attached hydrogens (tertiary/aromatic N) is 2. The largest absolute Gasteiger partial charge is 0.384 e. The summed E-state index contributed by atoms with van der Waals surface area (Å²) >= 11 is 0. The maximum absolute atomic E-state index is 5.44. The number of hydrogen-bond acceptors (Lipinski definition) is 3. The smallest absolute Gasteiger partial charge is 0.113 e. The van der Waals surface area contributed by atoms with E-state index in [0.29, 0.717) is 6.61 Å². The molecule has 1 atom stereocenters. The highest BCUT2D eigenvalue weighted by atomic mass is 16.5. The second kappa shape index (κ2) is 6.42. The lowest BCUT2D eigenvalue weighted by Gasteiger charge is -2.13. The number of H-pyrrole nitrogens is 1. The number of methoxy groups -OCH3 is 1. The molecule has 0 aliphatic heterocycles. The Hall–Kier alpha value is -2.72. The van der Waals surface area contributed by atoms with E-state index >= 15 is 0 Å². The summed E-state index contributed by atoms with van der Waals surface area (Å²) in [6, 6.07) is 18.6. The fourth-order valence-corrected chi connectivity index (χ4v) is 3.16. The van der Waals surface area contributed by atoms with Gasteiger partial charge in [0.05, 0.1) is 23.8 Å². The first-order valence-corrected chi connectivity index (χ1v) is 8.11. The molecule has 2 aromatic carbocycles. The van der Waals surface area contributed by atoms with Crippen molar-refractivity contribution in [3.8, 4) is 0 Å². The van der Waals surface area contributed by atoms with Gasteiger partial charge in [0.2, 0.25) is 0 Å². The number of hydrogen-bond donors (Lipinski definition) is 1. The molecule has 24 heavy (non-hydrogen) atoms. The molecule has 4 rings (SSSR count). The molecule has 0 unspecified atom stereocenters. The van der Waals surface area contributed by atoms with Gasteiger partial charge in [-0.1, -0.05) is 48.5 Å². The van der Waals surface area contributed by atoms with Crippen LogP contribution in [-0.4, -0.2) is 28.7 Å². The second-order valence-corrected chi connectivity index (χ2v) is 6.00. The number of aromatic amines is 1. The summed E-state index contributed by atoms with van der Waals surface area (Å²) in [6.07, 6.45) is 2.73. The number of benzene rings is 2. The Morgan fingerprint density at radius 1 is 1.00 bits per heavy atom. The molecule has 120 valence electrons. The number of rotatable bonds is 5. The molecule has 0 fully saturated rings. The van der Waals surface area contributed by atoms with Crippen LogP contribution in [0.5, 0.6) is 0 Å². The van der Waals surface area contributed by atoms with Crippen LogP contribution >= 0.6 is 0 Å². The predicted molar refractivity (Wildman–Crippen MR) is 96.2 cm³/mol. The zero-order valence-electron chi connectivity index (χ0n) is 13.6. The summed E-state index contributed by atoms with van der Waals surface area (Å²) in [4.78, 5) is 12.8. The van der Waals surface area contributed by atoms with Crippen molar-refractivity contribution in [2.45, 2.75) is 12.3 Å². The molecule has 4 nitrogen and oxygen atoms in total. The fraction of sp³-hybridized carbons (Fsp3) is 0.200. The van der Waals surface area contributed by atoms with Crippen molar-refractivity contribution in [3.05, 3.63) is 72.2 Å². The Balaban J connectivity index is 1.76. The van der Waals surface area contributed by atoms with Gasteiger partial charge >= 0.3 is 0 Å². The summed E-state index contributed by atoms with van der Waals surface area (Å²) in [6.45, 7) is 0.625. The van der Waals surface area contributed by atoms with Gasteiger partial charge in [0.15, 0.2) is 0 Å². The summed E-state index contributed by atoms with van der Waals surface area (Å²) in [5.41, 5.74) is 4.21. The minimum absolute atomic E-state index is 0.184. The molecule has 0 radical (unpaired) electrons. The number of fused-ring (bicyclic) bond motifs is 3. The van der Waals surface area contributed by atoms with Crippen LogP contribution in [0, 0.1) is 0 Å². The monoisotopic (exact) mass is 317 g/mol. The third-order valence-electron chi connectivity index (χ3n) is 4.33. The van der Waals surface area contributed by atoms with E-state index in [9.17, 15) is 0 Å². The first kappa shape index (κ1) is 14.8. The maximum Gasteiger partial charge on any atom is 0.113 e. The molecule has 0 aliphatic carbocycles. The molecule has 0 spiro atoms. The summed E-state index contributed by atoms with van der Waals surface area (Å²) in [5.74, 6) is 1.14. The lowest BCUT2D eigenvalue weighted by Crippen LogP contribution is -2.11. The lowest BCUT2D eigenvalue weighted by atomic mass is 9.99. The van der Waals surface area contributed by atoms with Gasteiger partial charge in [0.25, 0.3) is 0 Å². The Bertz CT molecular complexity index is 962. The van der Waals surface area contributed by atoms with Crippen LogP contribution in [0.2, 0.25) is 0 Å². The Labute approximate surface area is 140 Å². The van der Waals surface area contributed by atoms with Gasteiger partial charge in [0.1, 0.15) is 11.3 Å². The third-order valence-corrected chi connectivity index (χ3v) is 4.33. The highest BCUT2D eigenvalue weighted by Gasteiger charge is 2.17. The molecule has 0 saturated carbocycles. The van der Waals surface area contributed by atoms with Crippen molar-refractivity contribution in [2.24, 2.45) is 0 Å². The highest BCUT2D eigenvalue weighted by molar-refractivity contribution is 6.01. The number of pyridine rings is 1. The zero-order chi connectivity index (χ0) is 16.4. The molecule has 2 aromatic heterocycles. The second-order valence-electron chi connectivity index (χ2n) is 6.00. The molecular formula is C20H19N3O. The maximum atomic E-state index is 5.44. The van der Waals surface area contributed by atoms with Crippen LogP contribution in [0.4, 0.5) is 0 Å². The molecule has 4 heteroatoms. The van der Waals surface area contributed by atoms with Crippen LogP contribution in [0.25, 0.3) is 21.9 Å². The van der Waals surface area contributed by atoms with Gasteiger partial charge in [0, 0.05) is 18.4 Å². The average molecular weight is 317 g/mol. The first-order valence-electron chi connectivity index (χ1n) is 8.11. The molecule has 0 aliphatic rings. The van der Waals surface area contributed by atoms with Crippen LogP contribution in [0.1, 0.15) is 17.3 Å². The highest BCUT2D eigenvalue weighted by Crippen LogP contribution is 2.26. The standard InChI is InChI=1S/C20H19N3O/c1-24-13-15(11-14-7-3-2-4-8-14)20-22-18-12-21-17-10-6-5-9-16(17)19(18)23-20/h2-10,12,15H,11,13H2,1H3,(H,22,23)/t15-/m0/s1. The van der Waals surface area contributed by atoms with Gasteiger partial charge in [-0.25, -0.2) is 4.98 Å². The molecule has 1 N–H and O–H groups in total. The third kappa shape index (κ3) is 2.76. The van der Waals surface area contributed by atoms with E-state index < -0.39 is 0 Å². The lowest BCUT2D eigenvalue weighted by molar-refractivity contribution is 0.176. The van der Waals surface area contributed by atoms with E-state index in [0.717, 1.165) is 34.2 Å². The molecular weight excluding hydrogens is 298 g/mol. The van der Waals surface area contributed by atoms with Crippen molar-refractivity contribution in [1.82, 2.24) is 15.0 Å². The normalized spacial score (nSPS) is 12.7. The van der Waals surface area contributed by atoms with Crippen molar-refractivity contribution >= 4 is 21.9 Å². The molecule has 0 bridgehead atoms. The van der Waals surface area contributed by atoms with Gasteiger partial charge < -0.3 is 9.72 Å². The SMILES string of the molecule is COC[C@H](Cc1ccccc1)c1nc2cnc3ccccc3c2[nH]1. The minimum atomic E-state index is 0.184. The quantitative estimate of drug-likeness (QED) is 0.603. The van der Waals surface area contributed by atoms with E-state index in [1.807, 2.05) is 30.5 Å². The van der Waals surface area contributed by atoms with Crippen molar-refractivity contribution < 1.29 is 4.74 Å². The van der Waals surface area contributed by atoms with E-state index in [1.165, 1.54) is 5.56 Å². The Kier molecular flexibility index (Phi) is 3.97. The molecule has 2 heterocycles. The van der Waals surface area contributed by atoms with Crippen molar-refractivity contribution in [1.29, 1.82) is 0 Å². The van der Waals surface area contributed by atoms with Crippen LogP contribution in [0.15, 0.2) is 60.8 Å². The van der Waals surface area contributed by atoms with Gasteiger partial charge in [-0.05, 0) is 18.1 Å². The number of ether oxygens (including phenoxy) is 1. The molecule has 0 amide bonds. The summed E-state index contributed by atoms with van der Waals surface area (Å²) in [7, 11) is 1.73. The van der Waals surface area contributed by atoms with Crippen LogP contribution < -0.4 is 0 Å². The van der Waals surface area contributed by atoms with E-state index in [1.54, 1.807) is 7.11 Å². The topological polar surface area (TPSA) is 50.8 Å². The Morgan fingerprint density at radius 3 is 2.62 bits per heavy atom. The van der Waals surface area contributed by atoms with Gasteiger partial charge in [-0.15, -0.1) is 0 Å². The number of aromatic nitrogens is 3. The predicted octanol–water partition coefficient (Wildman–Crippen LogP) is 4.08. The van der Waals surface area contributed by atoms with E-state index in [2.05, 4.69) is 40.3 Å². The summed E-state index contributed by atoms with van der Waals surface area (Å²) < 4.78 is 5.44. The number of imidazole rings is 1. The van der Waals surface area contributed by atoms with Gasteiger partial charge in [-0.3, -0.25) is 4.98 Å².